The second-order valence-electron chi connectivity index (χ2n) is 3.38. The average Bonchev–Trinajstić information content (AvgIpc) is 2.83. The number of hydrogen-bond donors (Lipinski definition) is 1. The first-order chi connectivity index (χ1) is 8.49. The lowest BCUT2D eigenvalue weighted by Gasteiger charge is -2.06. The van der Waals surface area contributed by atoms with Crippen molar-refractivity contribution in [1.29, 1.82) is 0 Å². The minimum atomic E-state index is -3.72. The van der Waals surface area contributed by atoms with E-state index in [4.69, 9.17) is 0 Å². The van der Waals surface area contributed by atoms with Crippen LogP contribution in [0.4, 0.5) is 4.39 Å². The zero-order valence-electron chi connectivity index (χ0n) is 8.93. The highest BCUT2D eigenvalue weighted by Crippen LogP contribution is 2.19. The van der Waals surface area contributed by atoms with Crippen molar-refractivity contribution in [2.24, 2.45) is 0 Å². The molecule has 1 N–H and O–H groups in total. The number of nitrogens with zero attached hydrogens (tertiary/aromatic N) is 1. The zero-order valence-corrected chi connectivity index (χ0v) is 12.1. The highest BCUT2D eigenvalue weighted by molar-refractivity contribution is 9.10. The van der Waals surface area contributed by atoms with E-state index in [0.29, 0.717) is 5.69 Å². The molecule has 0 unspecified atom stereocenters. The van der Waals surface area contributed by atoms with E-state index < -0.39 is 15.8 Å². The summed E-state index contributed by atoms with van der Waals surface area (Å²) in [5, 5.41) is 1.74. The van der Waals surface area contributed by atoms with Crippen molar-refractivity contribution in [3.8, 4) is 0 Å². The standard InChI is InChI=1S/C10H8BrFN2O2S2/c11-9-2-1-8(3-10(9)12)18(15,16)14-4-7-5-17-6-13-7/h1-3,5-6,14H,4H2. The van der Waals surface area contributed by atoms with Gasteiger partial charge in [-0.25, -0.2) is 22.5 Å². The molecule has 0 aliphatic carbocycles. The van der Waals surface area contributed by atoms with E-state index in [1.54, 1.807) is 10.9 Å². The van der Waals surface area contributed by atoms with Gasteiger partial charge >= 0.3 is 0 Å². The molecule has 0 amide bonds. The Morgan fingerprint density at radius 2 is 2.22 bits per heavy atom. The second kappa shape index (κ2) is 5.43. The van der Waals surface area contributed by atoms with Crippen LogP contribution in [0, 0.1) is 5.82 Å². The SMILES string of the molecule is O=S(=O)(NCc1cscn1)c1ccc(Br)c(F)c1. The third-order valence-electron chi connectivity index (χ3n) is 2.13. The summed E-state index contributed by atoms with van der Waals surface area (Å²) >= 11 is 4.35. The molecule has 8 heteroatoms. The number of sulfonamides is 1. The summed E-state index contributed by atoms with van der Waals surface area (Å²) in [6.45, 7) is 0.0868. The minimum Gasteiger partial charge on any atom is -0.248 e. The number of halogens is 2. The lowest BCUT2D eigenvalue weighted by Crippen LogP contribution is -2.23. The van der Waals surface area contributed by atoms with Gasteiger partial charge in [0.1, 0.15) is 5.82 Å². The van der Waals surface area contributed by atoms with Crippen LogP contribution in [0.1, 0.15) is 5.69 Å². The van der Waals surface area contributed by atoms with E-state index in [9.17, 15) is 12.8 Å². The first kappa shape index (κ1) is 13.6. The Labute approximate surface area is 116 Å². The van der Waals surface area contributed by atoms with Gasteiger partial charge in [-0.2, -0.15) is 0 Å². The Balaban J connectivity index is 2.17. The summed E-state index contributed by atoms with van der Waals surface area (Å²) in [5.41, 5.74) is 2.24. The van der Waals surface area contributed by atoms with Crippen LogP contribution in [-0.4, -0.2) is 13.4 Å². The van der Waals surface area contributed by atoms with E-state index in [2.05, 4.69) is 25.6 Å². The van der Waals surface area contributed by atoms with Gasteiger partial charge in [0.25, 0.3) is 0 Å². The predicted octanol–water partition coefficient (Wildman–Crippen LogP) is 2.52. The first-order valence-corrected chi connectivity index (χ1v) is 8.03. The zero-order chi connectivity index (χ0) is 13.2. The van der Waals surface area contributed by atoms with E-state index in [0.717, 1.165) is 6.07 Å². The number of benzene rings is 1. The van der Waals surface area contributed by atoms with Crippen LogP contribution >= 0.6 is 27.3 Å². The summed E-state index contributed by atoms with van der Waals surface area (Å²) in [6, 6.07) is 3.65. The van der Waals surface area contributed by atoms with Crippen LogP contribution in [0.5, 0.6) is 0 Å². The number of nitrogens with one attached hydrogen (secondary N) is 1. The number of aromatic nitrogens is 1. The molecule has 0 radical (unpaired) electrons. The molecule has 0 aliphatic rings. The van der Waals surface area contributed by atoms with Crippen molar-refractivity contribution in [2.75, 3.05) is 0 Å². The smallest absolute Gasteiger partial charge is 0.241 e. The predicted molar refractivity (Wildman–Crippen MR) is 70.2 cm³/mol. The molecular weight excluding hydrogens is 343 g/mol. The molecule has 0 atom stereocenters. The van der Waals surface area contributed by atoms with Gasteiger partial charge in [-0.15, -0.1) is 11.3 Å². The molecule has 1 aromatic carbocycles. The van der Waals surface area contributed by atoms with E-state index in [1.165, 1.54) is 23.5 Å². The molecule has 0 aliphatic heterocycles. The molecule has 0 bridgehead atoms. The highest BCUT2D eigenvalue weighted by atomic mass is 79.9. The topological polar surface area (TPSA) is 59.1 Å². The molecule has 0 spiro atoms. The summed E-state index contributed by atoms with van der Waals surface area (Å²) < 4.78 is 39.6. The number of rotatable bonds is 4. The summed E-state index contributed by atoms with van der Waals surface area (Å²) in [5.74, 6) is -0.619. The van der Waals surface area contributed by atoms with Crippen LogP contribution in [0.25, 0.3) is 0 Å². The molecule has 4 nitrogen and oxygen atoms in total. The first-order valence-electron chi connectivity index (χ1n) is 4.81. The lowest BCUT2D eigenvalue weighted by molar-refractivity contribution is 0.576. The number of hydrogen-bond acceptors (Lipinski definition) is 4. The van der Waals surface area contributed by atoms with Crippen molar-refractivity contribution in [1.82, 2.24) is 9.71 Å². The largest absolute Gasteiger partial charge is 0.248 e. The molecule has 0 saturated heterocycles. The molecular formula is C10H8BrFN2O2S2. The van der Waals surface area contributed by atoms with Gasteiger partial charge < -0.3 is 0 Å². The van der Waals surface area contributed by atoms with Crippen LogP contribution in [0.2, 0.25) is 0 Å². The maximum atomic E-state index is 13.3. The van der Waals surface area contributed by atoms with Gasteiger partial charge in [0.15, 0.2) is 0 Å². The summed E-state index contributed by atoms with van der Waals surface area (Å²) in [4.78, 5) is 3.84. The van der Waals surface area contributed by atoms with Gasteiger partial charge in [0, 0.05) is 5.38 Å². The van der Waals surface area contributed by atoms with Crippen LogP contribution in [0.15, 0.2) is 38.5 Å². The molecule has 2 rings (SSSR count). The Hall–Kier alpha value is -0.830. The normalized spacial score (nSPS) is 11.7. The maximum Gasteiger partial charge on any atom is 0.241 e. The van der Waals surface area contributed by atoms with Crippen molar-refractivity contribution in [3.63, 3.8) is 0 Å². The van der Waals surface area contributed by atoms with Crippen LogP contribution in [0.3, 0.4) is 0 Å². The van der Waals surface area contributed by atoms with E-state index in [1.807, 2.05) is 0 Å². The quantitative estimate of drug-likeness (QED) is 0.921. The van der Waals surface area contributed by atoms with Crippen molar-refractivity contribution >= 4 is 37.3 Å². The van der Waals surface area contributed by atoms with Crippen LogP contribution < -0.4 is 4.72 Å². The van der Waals surface area contributed by atoms with Crippen molar-refractivity contribution in [3.05, 3.63) is 45.1 Å². The Morgan fingerprint density at radius 3 is 2.83 bits per heavy atom. The molecule has 18 heavy (non-hydrogen) atoms. The lowest BCUT2D eigenvalue weighted by atomic mass is 10.3. The summed E-state index contributed by atoms with van der Waals surface area (Å²) in [7, 11) is -3.72. The summed E-state index contributed by atoms with van der Waals surface area (Å²) in [6.07, 6.45) is 0. The second-order valence-corrected chi connectivity index (χ2v) is 6.72. The molecule has 1 aromatic heterocycles. The van der Waals surface area contributed by atoms with Crippen molar-refractivity contribution in [2.45, 2.75) is 11.4 Å². The average molecular weight is 351 g/mol. The fourth-order valence-corrected chi connectivity index (χ4v) is 3.04. The maximum absolute atomic E-state index is 13.3. The molecule has 96 valence electrons. The monoisotopic (exact) mass is 350 g/mol. The van der Waals surface area contributed by atoms with Gasteiger partial charge in [-0.3, -0.25) is 0 Å². The molecule has 1 heterocycles. The number of thiazole rings is 1. The molecule has 0 fully saturated rings. The van der Waals surface area contributed by atoms with Gasteiger partial charge in [-0.1, -0.05) is 0 Å². The van der Waals surface area contributed by atoms with Gasteiger partial charge in [-0.05, 0) is 34.1 Å². The third-order valence-corrected chi connectivity index (χ3v) is 4.81. The highest BCUT2D eigenvalue weighted by Gasteiger charge is 2.15. The Kier molecular flexibility index (Phi) is 4.10. The Morgan fingerprint density at radius 1 is 1.44 bits per heavy atom. The Bertz CT molecular complexity index is 644. The third kappa shape index (κ3) is 3.14. The van der Waals surface area contributed by atoms with Gasteiger partial charge in [0.05, 0.1) is 27.1 Å². The molecule has 2 aromatic rings. The van der Waals surface area contributed by atoms with Gasteiger partial charge in [0.2, 0.25) is 10.0 Å². The van der Waals surface area contributed by atoms with E-state index in [-0.39, 0.29) is 15.9 Å². The van der Waals surface area contributed by atoms with E-state index >= 15 is 0 Å². The van der Waals surface area contributed by atoms with Crippen molar-refractivity contribution < 1.29 is 12.8 Å². The van der Waals surface area contributed by atoms with Crippen LogP contribution in [-0.2, 0) is 16.6 Å². The fourth-order valence-electron chi connectivity index (χ4n) is 1.22. The molecule has 0 saturated carbocycles. The minimum absolute atomic E-state index is 0.0868. The fraction of sp³-hybridized carbons (Fsp3) is 0.100.